The van der Waals surface area contributed by atoms with Gasteiger partial charge in [-0.15, -0.1) is 0 Å². The van der Waals surface area contributed by atoms with Crippen LogP contribution in [0, 0.1) is 0 Å². The third kappa shape index (κ3) is 2.23. The van der Waals surface area contributed by atoms with Crippen LogP contribution >= 0.6 is 23.1 Å². The summed E-state index contributed by atoms with van der Waals surface area (Å²) in [5, 5.41) is 0. The summed E-state index contributed by atoms with van der Waals surface area (Å²) in [6, 6.07) is 9.43. The topological polar surface area (TPSA) is 73.8 Å². The van der Waals surface area contributed by atoms with Gasteiger partial charge < -0.3 is 19.1 Å². The number of nitrogens with zero attached hydrogens (tertiary/aromatic N) is 3. The summed E-state index contributed by atoms with van der Waals surface area (Å²) in [5.41, 5.74) is 2.29. The van der Waals surface area contributed by atoms with Gasteiger partial charge in [-0.25, -0.2) is 4.98 Å². The molecule has 1 atom stereocenters. The number of hydrogen-bond acceptors (Lipinski definition) is 7. The van der Waals surface area contributed by atoms with E-state index in [1.807, 2.05) is 24.3 Å². The smallest absolute Gasteiger partial charge is 0.246 e. The van der Waals surface area contributed by atoms with Crippen molar-refractivity contribution < 1.29 is 19.0 Å². The number of rotatable bonds is 3. The van der Waals surface area contributed by atoms with Crippen LogP contribution in [0.1, 0.15) is 22.5 Å². The number of fused-ring (bicyclic) bond motifs is 5. The van der Waals surface area contributed by atoms with Crippen molar-refractivity contribution in [2.24, 2.45) is 0 Å². The number of carbonyl (C=O) groups excluding carboxylic acids is 1. The van der Waals surface area contributed by atoms with Crippen LogP contribution in [0.4, 0.5) is 5.69 Å². The highest BCUT2D eigenvalue weighted by atomic mass is 35.5. The van der Waals surface area contributed by atoms with Crippen LogP contribution in [0.3, 0.4) is 0 Å². The normalized spacial score (nSPS) is 20.4. The number of anilines is 1. The van der Waals surface area contributed by atoms with E-state index in [0.29, 0.717) is 27.5 Å². The molecule has 9 heteroatoms. The molecule has 0 aliphatic carbocycles. The lowest BCUT2D eigenvalue weighted by Gasteiger charge is -2.23. The molecule has 7 nitrogen and oxygen atoms in total. The van der Waals surface area contributed by atoms with Gasteiger partial charge in [0.25, 0.3) is 0 Å². The zero-order valence-corrected chi connectivity index (χ0v) is 17.1. The quantitative estimate of drug-likeness (QED) is 0.618. The summed E-state index contributed by atoms with van der Waals surface area (Å²) >= 11 is 7.05. The van der Waals surface area contributed by atoms with Crippen molar-refractivity contribution in [1.82, 2.24) is 9.36 Å². The summed E-state index contributed by atoms with van der Waals surface area (Å²) in [6.45, 7) is 4.51. The third-order valence-electron chi connectivity index (χ3n) is 5.74. The van der Waals surface area contributed by atoms with Crippen molar-refractivity contribution >= 4 is 40.8 Å². The van der Waals surface area contributed by atoms with E-state index in [1.54, 1.807) is 17.0 Å². The van der Waals surface area contributed by atoms with Gasteiger partial charge in [0.05, 0.1) is 6.54 Å². The van der Waals surface area contributed by atoms with E-state index in [0.717, 1.165) is 33.9 Å². The van der Waals surface area contributed by atoms with Crippen molar-refractivity contribution in [3.8, 4) is 17.2 Å². The Morgan fingerprint density at radius 3 is 2.83 bits per heavy atom. The fraction of sp³-hybridized carbons (Fsp3) is 0.190. The summed E-state index contributed by atoms with van der Waals surface area (Å²) in [4.78, 5) is 19.9. The average molecular weight is 440 g/mol. The van der Waals surface area contributed by atoms with Gasteiger partial charge in [0.1, 0.15) is 17.8 Å². The van der Waals surface area contributed by atoms with Crippen LogP contribution in [0.25, 0.3) is 6.08 Å². The van der Waals surface area contributed by atoms with E-state index in [-0.39, 0.29) is 25.9 Å². The second-order valence-electron chi connectivity index (χ2n) is 7.20. The lowest BCUT2D eigenvalue weighted by molar-refractivity contribution is -0.122. The molecule has 0 N–H and O–H groups in total. The number of halogens is 1. The maximum absolute atomic E-state index is 14.0. The van der Waals surface area contributed by atoms with E-state index in [9.17, 15) is 4.79 Å². The predicted octanol–water partition coefficient (Wildman–Crippen LogP) is 3.79. The Labute approximate surface area is 180 Å². The number of hydrogen-bond donors (Lipinski definition) is 0. The second-order valence-corrected chi connectivity index (χ2v) is 8.53. The Morgan fingerprint density at radius 1 is 1.23 bits per heavy atom. The number of carbonyl (C=O) groups is 1. The Bertz CT molecular complexity index is 1240. The van der Waals surface area contributed by atoms with E-state index in [2.05, 4.69) is 15.9 Å². The molecular weight excluding hydrogens is 426 g/mol. The summed E-state index contributed by atoms with van der Waals surface area (Å²) in [5.74, 6) is 2.24. The van der Waals surface area contributed by atoms with Crippen LogP contribution < -0.4 is 19.1 Å². The zero-order chi connectivity index (χ0) is 20.5. The van der Waals surface area contributed by atoms with Gasteiger partial charge in [0.2, 0.25) is 17.2 Å². The van der Waals surface area contributed by atoms with E-state index in [4.69, 9.17) is 25.8 Å². The minimum atomic E-state index is -1.00. The molecule has 1 unspecified atom stereocenters. The molecule has 1 spiro atoms. The molecule has 3 aliphatic rings. The van der Waals surface area contributed by atoms with Gasteiger partial charge in [-0.2, -0.15) is 4.37 Å². The molecule has 1 aromatic heterocycles. The highest BCUT2D eigenvalue weighted by Gasteiger charge is 2.58. The molecule has 6 rings (SSSR count). The van der Waals surface area contributed by atoms with Crippen LogP contribution in [-0.4, -0.2) is 28.7 Å². The van der Waals surface area contributed by atoms with E-state index < -0.39 is 5.41 Å². The van der Waals surface area contributed by atoms with Crippen molar-refractivity contribution in [1.29, 1.82) is 0 Å². The first kappa shape index (κ1) is 17.7. The lowest BCUT2D eigenvalue weighted by Crippen LogP contribution is -2.42. The minimum absolute atomic E-state index is 0.102. The van der Waals surface area contributed by atoms with Gasteiger partial charge in [-0.3, -0.25) is 4.79 Å². The van der Waals surface area contributed by atoms with Crippen LogP contribution in [0.2, 0.25) is 4.47 Å². The van der Waals surface area contributed by atoms with Crippen LogP contribution in [0.15, 0.2) is 36.9 Å². The average Bonchev–Trinajstić information content (AvgIpc) is 3.51. The first-order valence-corrected chi connectivity index (χ1v) is 10.4. The summed E-state index contributed by atoms with van der Waals surface area (Å²) in [6.07, 6.45) is 1.76. The number of benzene rings is 2. The molecule has 3 aliphatic heterocycles. The molecule has 0 bridgehead atoms. The van der Waals surface area contributed by atoms with E-state index >= 15 is 0 Å². The van der Waals surface area contributed by atoms with Gasteiger partial charge in [0.15, 0.2) is 17.3 Å². The summed E-state index contributed by atoms with van der Waals surface area (Å²) in [7, 11) is 0. The molecule has 150 valence electrons. The van der Waals surface area contributed by atoms with Crippen molar-refractivity contribution in [2.75, 3.05) is 18.3 Å². The molecular formula is C21H14ClN3O4S. The van der Waals surface area contributed by atoms with Crippen molar-refractivity contribution in [3.05, 3.63) is 63.9 Å². The maximum atomic E-state index is 14.0. The van der Waals surface area contributed by atoms with Gasteiger partial charge >= 0.3 is 0 Å². The first-order valence-electron chi connectivity index (χ1n) is 9.25. The Balaban J connectivity index is 1.57. The fourth-order valence-corrected chi connectivity index (χ4v) is 5.11. The van der Waals surface area contributed by atoms with Crippen molar-refractivity contribution in [2.45, 2.75) is 12.0 Å². The Morgan fingerprint density at radius 2 is 2.07 bits per heavy atom. The van der Waals surface area contributed by atoms with Gasteiger partial charge in [-0.05, 0) is 40.8 Å². The van der Waals surface area contributed by atoms with Gasteiger partial charge in [0, 0.05) is 22.9 Å². The highest BCUT2D eigenvalue weighted by molar-refractivity contribution is 7.10. The molecule has 2 aromatic carbocycles. The second kappa shape index (κ2) is 6.20. The third-order valence-corrected chi connectivity index (χ3v) is 6.58. The fourth-order valence-electron chi connectivity index (χ4n) is 4.48. The Kier molecular flexibility index (Phi) is 3.66. The van der Waals surface area contributed by atoms with E-state index in [1.165, 1.54) is 0 Å². The standard InChI is InChI=1S/C21H14ClN3O4S/c1-2-11-4-3-5-13-18(11)21(19(26)25(13)8-17-23-20(22)30-24-17)9-27-14-7-16-15(6-12(14)21)28-10-29-16/h2-7H,1,8-10H2. The van der Waals surface area contributed by atoms with Gasteiger partial charge in [-0.1, -0.05) is 24.8 Å². The van der Waals surface area contributed by atoms with Crippen LogP contribution in [0.5, 0.6) is 17.2 Å². The SMILES string of the molecule is C=Cc1cccc2c1C1(COc3cc4c(cc31)OCO4)C(=O)N2Cc1nsc(Cl)n1. The number of ether oxygens (including phenoxy) is 3. The monoisotopic (exact) mass is 439 g/mol. The predicted molar refractivity (Wildman–Crippen MR) is 111 cm³/mol. The number of aromatic nitrogens is 2. The highest BCUT2D eigenvalue weighted by Crippen LogP contribution is 2.56. The zero-order valence-electron chi connectivity index (χ0n) is 15.6. The largest absolute Gasteiger partial charge is 0.491 e. The Hall–Kier alpha value is -3.10. The molecule has 1 amide bonds. The lowest BCUT2D eigenvalue weighted by atomic mass is 9.75. The molecule has 30 heavy (non-hydrogen) atoms. The molecule has 0 saturated carbocycles. The molecule has 4 heterocycles. The molecule has 0 saturated heterocycles. The first-order chi connectivity index (χ1) is 14.6. The molecule has 0 radical (unpaired) electrons. The minimum Gasteiger partial charge on any atom is -0.491 e. The summed E-state index contributed by atoms with van der Waals surface area (Å²) < 4.78 is 21.7. The van der Waals surface area contributed by atoms with Crippen molar-refractivity contribution in [3.63, 3.8) is 0 Å². The number of amides is 1. The van der Waals surface area contributed by atoms with Crippen LogP contribution in [-0.2, 0) is 16.8 Å². The molecule has 0 fully saturated rings. The maximum Gasteiger partial charge on any atom is 0.246 e. The molecule has 3 aromatic rings.